The minimum Gasteiger partial charge on any atom is -0.496 e. The fourth-order valence-corrected chi connectivity index (χ4v) is 2.69. The molecule has 0 radical (unpaired) electrons. The van der Waals surface area contributed by atoms with Crippen molar-refractivity contribution in [1.82, 2.24) is 10.2 Å². The Labute approximate surface area is 109 Å². The van der Waals surface area contributed by atoms with Crippen molar-refractivity contribution >= 4 is 23.2 Å². The smallest absolute Gasteiger partial charge is 0.264 e. The molecule has 0 bridgehead atoms. The number of primary amides is 1. The first kappa shape index (κ1) is 12.8. The molecule has 0 aromatic carbocycles. The molecule has 1 aliphatic heterocycles. The number of hydrogen-bond donors (Lipinski definition) is 2. The van der Waals surface area contributed by atoms with E-state index in [2.05, 4.69) is 5.32 Å². The maximum atomic E-state index is 12.3. The van der Waals surface area contributed by atoms with Gasteiger partial charge in [-0.1, -0.05) is 0 Å². The Hall–Kier alpha value is -1.60. The summed E-state index contributed by atoms with van der Waals surface area (Å²) < 4.78 is 5.04. The molecule has 2 amide bonds. The Kier molecular flexibility index (Phi) is 3.83. The number of nitrogens with two attached hydrogens (primary N) is 1. The maximum absolute atomic E-state index is 12.3. The first-order chi connectivity index (χ1) is 8.63. The van der Waals surface area contributed by atoms with Gasteiger partial charge in [-0.3, -0.25) is 9.59 Å². The van der Waals surface area contributed by atoms with E-state index in [1.807, 2.05) is 0 Å². The van der Waals surface area contributed by atoms with Gasteiger partial charge in [-0.15, -0.1) is 11.3 Å². The van der Waals surface area contributed by atoms with Crippen LogP contribution in [-0.4, -0.2) is 49.5 Å². The van der Waals surface area contributed by atoms with Crippen molar-refractivity contribution < 1.29 is 14.3 Å². The van der Waals surface area contributed by atoms with E-state index >= 15 is 0 Å². The molecule has 7 heteroatoms. The van der Waals surface area contributed by atoms with Crippen LogP contribution in [0.25, 0.3) is 0 Å². The summed E-state index contributed by atoms with van der Waals surface area (Å²) in [4.78, 5) is 25.7. The molecule has 0 spiro atoms. The fourth-order valence-electron chi connectivity index (χ4n) is 1.88. The molecule has 1 saturated heterocycles. The number of ether oxygens (including phenoxy) is 1. The summed E-state index contributed by atoms with van der Waals surface area (Å²) in [5.41, 5.74) is 5.31. The summed E-state index contributed by atoms with van der Waals surface area (Å²) in [5, 5.41) is 4.81. The van der Waals surface area contributed by atoms with Gasteiger partial charge >= 0.3 is 0 Å². The van der Waals surface area contributed by atoms with Crippen LogP contribution in [0.5, 0.6) is 5.75 Å². The first-order valence-electron chi connectivity index (χ1n) is 5.57. The summed E-state index contributed by atoms with van der Waals surface area (Å²) >= 11 is 1.30. The average molecular weight is 269 g/mol. The SMILES string of the molecule is COc1csc(C(=O)N2CCNCC2C(N)=O)c1. The van der Waals surface area contributed by atoms with Gasteiger partial charge in [-0.2, -0.15) is 0 Å². The van der Waals surface area contributed by atoms with E-state index in [1.54, 1.807) is 18.6 Å². The molecule has 6 nitrogen and oxygen atoms in total. The lowest BCUT2D eigenvalue weighted by Gasteiger charge is -2.33. The number of rotatable bonds is 3. The van der Waals surface area contributed by atoms with E-state index in [-0.39, 0.29) is 5.91 Å². The summed E-state index contributed by atoms with van der Waals surface area (Å²) in [6.45, 7) is 1.55. The fraction of sp³-hybridized carbons (Fsp3) is 0.455. The maximum Gasteiger partial charge on any atom is 0.264 e. The molecule has 2 heterocycles. The summed E-state index contributed by atoms with van der Waals surface area (Å²) in [5.74, 6) is -0.0122. The molecule has 1 unspecified atom stereocenters. The molecular weight excluding hydrogens is 254 g/mol. The molecule has 1 aliphatic rings. The zero-order valence-corrected chi connectivity index (χ0v) is 10.8. The quantitative estimate of drug-likeness (QED) is 0.786. The van der Waals surface area contributed by atoms with Crippen molar-refractivity contribution in [3.8, 4) is 5.75 Å². The van der Waals surface area contributed by atoms with Gasteiger partial charge in [0.1, 0.15) is 11.8 Å². The summed E-state index contributed by atoms with van der Waals surface area (Å²) in [6.07, 6.45) is 0. The number of amides is 2. The number of thiophene rings is 1. The number of carbonyl (C=O) groups is 2. The molecule has 1 fully saturated rings. The Morgan fingerprint density at radius 3 is 3.00 bits per heavy atom. The minimum atomic E-state index is -0.584. The Balaban J connectivity index is 2.17. The highest BCUT2D eigenvalue weighted by molar-refractivity contribution is 7.12. The lowest BCUT2D eigenvalue weighted by molar-refractivity contribution is -0.122. The van der Waals surface area contributed by atoms with Crippen molar-refractivity contribution in [3.05, 3.63) is 16.3 Å². The third-order valence-corrected chi connectivity index (χ3v) is 3.75. The molecule has 1 atom stereocenters. The van der Waals surface area contributed by atoms with Crippen LogP contribution >= 0.6 is 11.3 Å². The largest absolute Gasteiger partial charge is 0.496 e. The standard InChI is InChI=1S/C11H15N3O3S/c1-17-7-4-9(18-6-7)11(16)14-3-2-13-5-8(14)10(12)15/h4,6,8,13H,2-3,5H2,1H3,(H2,12,15). The van der Waals surface area contributed by atoms with Crippen LogP contribution in [0.4, 0.5) is 0 Å². The molecule has 2 rings (SSSR count). The Morgan fingerprint density at radius 2 is 2.39 bits per heavy atom. The molecule has 18 heavy (non-hydrogen) atoms. The number of hydrogen-bond acceptors (Lipinski definition) is 5. The van der Waals surface area contributed by atoms with E-state index < -0.39 is 11.9 Å². The lowest BCUT2D eigenvalue weighted by atomic mass is 10.1. The van der Waals surface area contributed by atoms with E-state index in [0.29, 0.717) is 30.3 Å². The van der Waals surface area contributed by atoms with Gasteiger partial charge in [-0.25, -0.2) is 0 Å². The first-order valence-corrected chi connectivity index (χ1v) is 6.45. The van der Waals surface area contributed by atoms with E-state index in [0.717, 1.165) is 0 Å². The zero-order valence-electron chi connectivity index (χ0n) is 10.0. The van der Waals surface area contributed by atoms with Crippen LogP contribution < -0.4 is 15.8 Å². The molecule has 0 saturated carbocycles. The van der Waals surface area contributed by atoms with Crippen LogP contribution in [-0.2, 0) is 4.79 Å². The lowest BCUT2D eigenvalue weighted by Crippen LogP contribution is -2.58. The highest BCUT2D eigenvalue weighted by atomic mass is 32.1. The topological polar surface area (TPSA) is 84.7 Å². The number of nitrogens with one attached hydrogen (secondary N) is 1. The van der Waals surface area contributed by atoms with E-state index in [1.165, 1.54) is 16.2 Å². The van der Waals surface area contributed by atoms with Crippen LogP contribution in [0.3, 0.4) is 0 Å². The van der Waals surface area contributed by atoms with Crippen molar-refractivity contribution in [2.75, 3.05) is 26.7 Å². The van der Waals surface area contributed by atoms with Gasteiger partial charge < -0.3 is 20.7 Å². The molecule has 0 aliphatic carbocycles. The summed E-state index contributed by atoms with van der Waals surface area (Å²) in [6, 6.07) is 1.09. The number of piperazine rings is 1. The normalized spacial score (nSPS) is 19.6. The second-order valence-corrected chi connectivity index (χ2v) is 4.88. The van der Waals surface area contributed by atoms with E-state index in [4.69, 9.17) is 10.5 Å². The van der Waals surface area contributed by atoms with Crippen molar-refractivity contribution in [2.45, 2.75) is 6.04 Å². The third kappa shape index (κ3) is 2.46. The second-order valence-electron chi connectivity index (χ2n) is 3.97. The van der Waals surface area contributed by atoms with Crippen LogP contribution in [0.1, 0.15) is 9.67 Å². The minimum absolute atomic E-state index is 0.173. The van der Waals surface area contributed by atoms with Crippen LogP contribution in [0, 0.1) is 0 Å². The van der Waals surface area contributed by atoms with Gasteiger partial charge in [-0.05, 0) is 0 Å². The molecular formula is C11H15N3O3S. The number of methoxy groups -OCH3 is 1. The van der Waals surface area contributed by atoms with Gasteiger partial charge in [0.05, 0.1) is 12.0 Å². The predicted octanol–water partition coefficient (Wildman–Crippen LogP) is -0.344. The van der Waals surface area contributed by atoms with Gasteiger partial charge in [0, 0.05) is 31.1 Å². The highest BCUT2D eigenvalue weighted by Crippen LogP contribution is 2.23. The van der Waals surface area contributed by atoms with Gasteiger partial charge in [0.2, 0.25) is 5.91 Å². The Morgan fingerprint density at radius 1 is 1.61 bits per heavy atom. The third-order valence-electron chi connectivity index (χ3n) is 2.85. The number of nitrogens with zero attached hydrogens (tertiary/aromatic N) is 1. The van der Waals surface area contributed by atoms with Crippen molar-refractivity contribution in [1.29, 1.82) is 0 Å². The van der Waals surface area contributed by atoms with E-state index in [9.17, 15) is 9.59 Å². The summed E-state index contributed by atoms with van der Waals surface area (Å²) in [7, 11) is 1.55. The monoisotopic (exact) mass is 269 g/mol. The molecule has 1 aromatic heterocycles. The average Bonchev–Trinajstić information content (AvgIpc) is 2.86. The second kappa shape index (κ2) is 5.36. The van der Waals surface area contributed by atoms with Crippen LogP contribution in [0.2, 0.25) is 0 Å². The predicted molar refractivity (Wildman–Crippen MR) is 67.8 cm³/mol. The van der Waals surface area contributed by atoms with Crippen molar-refractivity contribution in [3.63, 3.8) is 0 Å². The molecule has 3 N–H and O–H groups in total. The van der Waals surface area contributed by atoms with Gasteiger partial charge in [0.25, 0.3) is 5.91 Å². The molecule has 98 valence electrons. The number of carbonyl (C=O) groups excluding carboxylic acids is 2. The highest BCUT2D eigenvalue weighted by Gasteiger charge is 2.31. The Bertz CT molecular complexity index is 460. The van der Waals surface area contributed by atoms with Crippen LogP contribution in [0.15, 0.2) is 11.4 Å². The molecule has 1 aromatic rings. The zero-order chi connectivity index (χ0) is 13.1. The van der Waals surface area contributed by atoms with Gasteiger partial charge in [0.15, 0.2) is 0 Å². The van der Waals surface area contributed by atoms with Crippen molar-refractivity contribution in [2.24, 2.45) is 5.73 Å².